The molecule has 0 atom stereocenters. The van der Waals surface area contributed by atoms with E-state index in [1.54, 1.807) is 0 Å². The molecule has 1 aliphatic heterocycles. The zero-order valence-electron chi connectivity index (χ0n) is 23.3. The molecule has 1 aromatic rings. The third-order valence-electron chi connectivity index (χ3n) is 7.13. The molecule has 0 bridgehead atoms. The van der Waals surface area contributed by atoms with Crippen LogP contribution in [0.5, 0.6) is 0 Å². The lowest BCUT2D eigenvalue weighted by molar-refractivity contribution is -0.178. The highest BCUT2D eigenvalue weighted by Crippen LogP contribution is 2.42. The minimum absolute atomic E-state index is 0.262. The van der Waals surface area contributed by atoms with E-state index in [0.29, 0.717) is 24.1 Å². The lowest BCUT2D eigenvalue weighted by Gasteiger charge is -2.41. The molecular formula is C29H49NO4S. The molecule has 0 N–H and O–H groups in total. The Morgan fingerprint density at radius 3 is 2.23 bits per heavy atom. The van der Waals surface area contributed by atoms with Crippen molar-refractivity contribution in [2.24, 2.45) is 5.92 Å². The minimum atomic E-state index is -0.375. The maximum atomic E-state index is 12.3. The van der Waals surface area contributed by atoms with Gasteiger partial charge < -0.3 is 19.1 Å². The van der Waals surface area contributed by atoms with Crippen LogP contribution in [0.15, 0.2) is 17.8 Å². The number of thiophene rings is 1. The van der Waals surface area contributed by atoms with Gasteiger partial charge in [-0.05, 0) is 45.1 Å². The van der Waals surface area contributed by atoms with Gasteiger partial charge in [0, 0.05) is 29.5 Å². The van der Waals surface area contributed by atoms with E-state index < -0.39 is 0 Å². The summed E-state index contributed by atoms with van der Waals surface area (Å²) in [7, 11) is 1.44. The molecule has 0 unspecified atom stereocenters. The van der Waals surface area contributed by atoms with Gasteiger partial charge >= 0.3 is 5.97 Å². The molecule has 0 amide bonds. The number of aryl methyl sites for hydroxylation is 1. The van der Waals surface area contributed by atoms with E-state index in [4.69, 9.17) is 14.2 Å². The lowest BCUT2D eigenvalue weighted by atomic mass is 9.88. The van der Waals surface area contributed by atoms with Crippen molar-refractivity contribution in [1.29, 1.82) is 0 Å². The van der Waals surface area contributed by atoms with E-state index >= 15 is 0 Å². The molecular weight excluding hydrogens is 458 g/mol. The van der Waals surface area contributed by atoms with Crippen LogP contribution in [-0.4, -0.2) is 38.1 Å². The Hall–Kier alpha value is -1.37. The monoisotopic (exact) mass is 507 g/mol. The standard InChI is InChI=1S/C20H29NO4S.C7H14.C2H6/c1-5-6-14(2)21(17-13-15(3)26-18(17)19(22)23-4)16-7-9-20(10-8-16)24-11-12-25-20;1-7-5-3-2-4-6-7;1-2/h6,13,16H,5,7-12H2,1-4H3;7H,2-6H2,1H3;1-2H3/b14-6-;;. The Labute approximate surface area is 218 Å². The molecule has 1 spiro atoms. The molecule has 1 aromatic heterocycles. The van der Waals surface area contributed by atoms with Crippen LogP contribution in [0.1, 0.15) is 113 Å². The molecule has 200 valence electrons. The second-order valence-corrected chi connectivity index (χ2v) is 11.0. The summed E-state index contributed by atoms with van der Waals surface area (Å²) in [5, 5.41) is 0. The summed E-state index contributed by atoms with van der Waals surface area (Å²) in [6, 6.07) is 2.44. The highest BCUT2D eigenvalue weighted by Gasteiger charge is 2.42. The topological polar surface area (TPSA) is 48.0 Å². The molecule has 0 radical (unpaired) electrons. The van der Waals surface area contributed by atoms with Gasteiger partial charge in [-0.15, -0.1) is 11.3 Å². The van der Waals surface area contributed by atoms with Crippen LogP contribution in [0.2, 0.25) is 0 Å². The van der Waals surface area contributed by atoms with Gasteiger partial charge in [-0.2, -0.15) is 0 Å². The molecule has 3 fully saturated rings. The second kappa shape index (κ2) is 15.0. The van der Waals surface area contributed by atoms with Gasteiger partial charge in [0.05, 0.1) is 26.0 Å². The van der Waals surface area contributed by atoms with Crippen LogP contribution in [-0.2, 0) is 14.2 Å². The van der Waals surface area contributed by atoms with Crippen molar-refractivity contribution in [3.05, 3.63) is 27.6 Å². The number of esters is 1. The second-order valence-electron chi connectivity index (χ2n) is 9.77. The molecule has 4 rings (SSSR count). The van der Waals surface area contributed by atoms with Gasteiger partial charge in [0.2, 0.25) is 0 Å². The van der Waals surface area contributed by atoms with Gasteiger partial charge in [0.15, 0.2) is 5.79 Å². The maximum Gasteiger partial charge on any atom is 0.350 e. The number of allylic oxidation sites excluding steroid dienone is 2. The summed E-state index contributed by atoms with van der Waals surface area (Å²) in [4.78, 5) is 16.5. The number of nitrogens with zero attached hydrogens (tertiary/aromatic N) is 1. The molecule has 5 nitrogen and oxygen atoms in total. The average Bonchev–Trinajstić information content (AvgIpc) is 3.49. The third-order valence-corrected chi connectivity index (χ3v) is 8.15. The van der Waals surface area contributed by atoms with Crippen molar-refractivity contribution < 1.29 is 19.0 Å². The molecule has 2 heterocycles. The Bertz CT molecular complexity index is 781. The Morgan fingerprint density at radius 1 is 1.14 bits per heavy atom. The van der Waals surface area contributed by atoms with Crippen LogP contribution in [0.3, 0.4) is 0 Å². The number of methoxy groups -OCH3 is 1. The van der Waals surface area contributed by atoms with E-state index in [0.717, 1.165) is 48.6 Å². The fraction of sp³-hybridized carbons (Fsp3) is 0.759. The van der Waals surface area contributed by atoms with Crippen LogP contribution < -0.4 is 4.90 Å². The number of hydrogen-bond acceptors (Lipinski definition) is 6. The SMILES string of the molecule is CC.CC/C=C(/C)N(c1cc(C)sc1C(=O)OC)C1CCC2(CC1)OCCO2.CC1CCCCC1. The average molecular weight is 508 g/mol. The van der Waals surface area contributed by atoms with Crippen molar-refractivity contribution in [2.75, 3.05) is 25.2 Å². The number of carbonyl (C=O) groups is 1. The van der Waals surface area contributed by atoms with E-state index in [-0.39, 0.29) is 11.8 Å². The van der Waals surface area contributed by atoms with Crippen molar-refractivity contribution in [3.8, 4) is 0 Å². The van der Waals surface area contributed by atoms with Crippen molar-refractivity contribution in [3.63, 3.8) is 0 Å². The number of hydrogen-bond donors (Lipinski definition) is 0. The van der Waals surface area contributed by atoms with Gasteiger partial charge in [-0.3, -0.25) is 0 Å². The first-order chi connectivity index (χ1) is 16.9. The normalized spacial score (nSPS) is 20.5. The highest BCUT2D eigenvalue weighted by atomic mass is 32.1. The molecule has 0 aromatic carbocycles. The van der Waals surface area contributed by atoms with Crippen LogP contribution in [0.25, 0.3) is 0 Å². The summed E-state index contributed by atoms with van der Waals surface area (Å²) in [5.74, 6) is 0.399. The molecule has 2 aliphatic carbocycles. The Morgan fingerprint density at radius 2 is 1.74 bits per heavy atom. The first-order valence-corrected chi connectivity index (χ1v) is 14.6. The smallest absolute Gasteiger partial charge is 0.350 e. The summed E-state index contributed by atoms with van der Waals surface area (Å²) in [6.07, 6.45) is 14.4. The van der Waals surface area contributed by atoms with E-state index in [1.807, 2.05) is 20.8 Å². The zero-order valence-corrected chi connectivity index (χ0v) is 24.1. The van der Waals surface area contributed by atoms with Crippen molar-refractivity contribution in [2.45, 2.75) is 118 Å². The van der Waals surface area contributed by atoms with Crippen LogP contribution in [0, 0.1) is 12.8 Å². The maximum absolute atomic E-state index is 12.3. The molecule has 3 aliphatic rings. The summed E-state index contributed by atoms with van der Waals surface area (Å²) < 4.78 is 16.8. The number of rotatable bonds is 5. The van der Waals surface area contributed by atoms with Gasteiger partial charge in [-0.1, -0.05) is 65.9 Å². The van der Waals surface area contributed by atoms with Crippen LogP contribution >= 0.6 is 11.3 Å². The first-order valence-electron chi connectivity index (χ1n) is 13.8. The predicted octanol–water partition coefficient (Wildman–Crippen LogP) is 8.26. The largest absolute Gasteiger partial charge is 0.465 e. The minimum Gasteiger partial charge on any atom is -0.465 e. The Kier molecular flexibility index (Phi) is 12.8. The predicted molar refractivity (Wildman–Crippen MR) is 147 cm³/mol. The molecule has 2 saturated carbocycles. The molecule has 6 heteroatoms. The third kappa shape index (κ3) is 8.33. The zero-order chi connectivity index (χ0) is 25.8. The van der Waals surface area contributed by atoms with Gasteiger partial charge in [-0.25, -0.2) is 4.79 Å². The molecule has 35 heavy (non-hydrogen) atoms. The van der Waals surface area contributed by atoms with Crippen molar-refractivity contribution >= 4 is 23.0 Å². The van der Waals surface area contributed by atoms with E-state index in [9.17, 15) is 4.79 Å². The fourth-order valence-corrected chi connectivity index (χ4v) is 6.30. The first kappa shape index (κ1) is 29.9. The van der Waals surface area contributed by atoms with Crippen molar-refractivity contribution in [1.82, 2.24) is 0 Å². The molecule has 1 saturated heterocycles. The number of anilines is 1. The van der Waals surface area contributed by atoms with Gasteiger partial charge in [0.1, 0.15) is 4.88 Å². The number of carbonyl (C=O) groups excluding carboxylic acids is 1. The number of ether oxygens (including phenoxy) is 3. The highest BCUT2D eigenvalue weighted by molar-refractivity contribution is 7.14. The van der Waals surface area contributed by atoms with Gasteiger partial charge in [0.25, 0.3) is 0 Å². The fourth-order valence-electron chi connectivity index (χ4n) is 5.38. The quantitative estimate of drug-likeness (QED) is 0.375. The Balaban J connectivity index is 0.000000407. The summed E-state index contributed by atoms with van der Waals surface area (Å²) in [5.41, 5.74) is 2.15. The van der Waals surface area contributed by atoms with E-state index in [1.165, 1.54) is 56.2 Å². The van der Waals surface area contributed by atoms with Crippen LogP contribution in [0.4, 0.5) is 5.69 Å². The lowest BCUT2D eigenvalue weighted by Crippen LogP contribution is -2.44. The van der Waals surface area contributed by atoms with E-state index in [2.05, 4.69) is 37.8 Å². The summed E-state index contributed by atoms with van der Waals surface area (Å²) >= 11 is 1.50. The summed E-state index contributed by atoms with van der Waals surface area (Å²) in [6.45, 7) is 14.0.